The maximum atomic E-state index is 11.2. The van der Waals surface area contributed by atoms with Gasteiger partial charge in [-0.15, -0.1) is 0 Å². The van der Waals surface area contributed by atoms with Gasteiger partial charge in [-0.2, -0.15) is 0 Å². The fourth-order valence-electron chi connectivity index (χ4n) is 1.36. The minimum Gasteiger partial charge on any atom is -0.396 e. The van der Waals surface area contributed by atoms with E-state index in [0.717, 1.165) is 5.69 Å². The van der Waals surface area contributed by atoms with Crippen LogP contribution in [0.2, 0.25) is 0 Å². The molecule has 5 N–H and O–H groups in total. The Morgan fingerprint density at radius 3 is 2.41 bits per heavy atom. The normalized spacial score (nSPS) is 13.2. The lowest BCUT2D eigenvalue weighted by Crippen LogP contribution is -2.31. The molecule has 0 saturated carbocycles. The zero-order valence-corrected chi connectivity index (χ0v) is 10.9. The van der Waals surface area contributed by atoms with Crippen LogP contribution in [0.4, 0.5) is 11.4 Å². The third-order valence-electron chi connectivity index (χ3n) is 3.04. The van der Waals surface area contributed by atoms with E-state index in [4.69, 9.17) is 11.5 Å². The summed E-state index contributed by atoms with van der Waals surface area (Å²) in [6, 6.07) is 5.48. The Morgan fingerprint density at radius 2 is 1.94 bits per heavy atom. The molecule has 0 bridgehead atoms. The summed E-state index contributed by atoms with van der Waals surface area (Å²) in [5, 5.41) is 3.31. The van der Waals surface area contributed by atoms with Gasteiger partial charge in [0.1, 0.15) is 0 Å². The standard InChI is InChI=1S/C13H21N3O/c1-8(13(2,3)4)16-10-7-5-6-9(11(10)14)12(15)17/h5-8,16H,14H2,1-4H3,(H2,15,17). The molecule has 1 unspecified atom stereocenters. The summed E-state index contributed by atoms with van der Waals surface area (Å²) in [5.41, 5.74) is 12.8. The SMILES string of the molecule is CC(Nc1cccc(C(N)=O)c1N)C(C)(C)C. The average Bonchev–Trinajstić information content (AvgIpc) is 2.19. The van der Waals surface area contributed by atoms with Gasteiger partial charge in [0, 0.05) is 6.04 Å². The lowest BCUT2D eigenvalue weighted by Gasteiger charge is -2.29. The molecule has 0 spiro atoms. The molecule has 0 aliphatic carbocycles. The van der Waals surface area contributed by atoms with Crippen LogP contribution >= 0.6 is 0 Å². The van der Waals surface area contributed by atoms with Gasteiger partial charge in [-0.25, -0.2) is 0 Å². The summed E-state index contributed by atoms with van der Waals surface area (Å²) in [6.07, 6.45) is 0. The second kappa shape index (κ2) is 4.65. The summed E-state index contributed by atoms with van der Waals surface area (Å²) >= 11 is 0. The van der Waals surface area contributed by atoms with E-state index in [1.807, 2.05) is 6.07 Å². The molecule has 1 aromatic carbocycles. The molecule has 17 heavy (non-hydrogen) atoms. The Bertz CT molecular complexity index is 421. The van der Waals surface area contributed by atoms with E-state index in [9.17, 15) is 4.79 Å². The molecule has 4 heteroatoms. The number of amides is 1. The van der Waals surface area contributed by atoms with E-state index in [-0.39, 0.29) is 11.5 Å². The molecule has 0 aliphatic heterocycles. The summed E-state index contributed by atoms with van der Waals surface area (Å²) in [4.78, 5) is 11.2. The highest BCUT2D eigenvalue weighted by Gasteiger charge is 2.21. The van der Waals surface area contributed by atoms with Crippen molar-refractivity contribution >= 4 is 17.3 Å². The number of hydrogen-bond donors (Lipinski definition) is 3. The van der Waals surface area contributed by atoms with E-state index < -0.39 is 5.91 Å². The van der Waals surface area contributed by atoms with Crippen molar-refractivity contribution < 1.29 is 4.79 Å². The van der Waals surface area contributed by atoms with Crippen molar-refractivity contribution in [2.75, 3.05) is 11.1 Å². The third-order valence-corrected chi connectivity index (χ3v) is 3.04. The van der Waals surface area contributed by atoms with Gasteiger partial charge in [0.2, 0.25) is 0 Å². The second-order valence-corrected chi connectivity index (χ2v) is 5.36. The summed E-state index contributed by atoms with van der Waals surface area (Å²) in [5.74, 6) is -0.505. The highest BCUT2D eigenvalue weighted by Crippen LogP contribution is 2.27. The molecule has 0 fully saturated rings. The Kier molecular flexibility index (Phi) is 3.66. The summed E-state index contributed by atoms with van der Waals surface area (Å²) in [7, 11) is 0. The number of carbonyl (C=O) groups is 1. The van der Waals surface area contributed by atoms with Gasteiger partial charge in [-0.1, -0.05) is 26.8 Å². The zero-order chi connectivity index (χ0) is 13.2. The molecule has 0 aromatic heterocycles. The smallest absolute Gasteiger partial charge is 0.250 e. The first-order valence-corrected chi connectivity index (χ1v) is 5.68. The molecule has 1 amide bonds. The van der Waals surface area contributed by atoms with E-state index >= 15 is 0 Å². The average molecular weight is 235 g/mol. The maximum Gasteiger partial charge on any atom is 0.250 e. The summed E-state index contributed by atoms with van der Waals surface area (Å²) < 4.78 is 0. The van der Waals surface area contributed by atoms with E-state index in [1.54, 1.807) is 12.1 Å². The van der Waals surface area contributed by atoms with Crippen LogP contribution in [-0.2, 0) is 0 Å². The molecular formula is C13H21N3O. The predicted octanol–water partition coefficient (Wildman–Crippen LogP) is 2.21. The Balaban J connectivity index is 3.01. The molecule has 0 saturated heterocycles. The van der Waals surface area contributed by atoms with Crippen molar-refractivity contribution in [3.8, 4) is 0 Å². The molecule has 1 aromatic rings. The Morgan fingerprint density at radius 1 is 1.35 bits per heavy atom. The predicted molar refractivity (Wildman–Crippen MR) is 71.9 cm³/mol. The van der Waals surface area contributed by atoms with Crippen molar-refractivity contribution in [2.45, 2.75) is 33.7 Å². The van der Waals surface area contributed by atoms with Crippen molar-refractivity contribution in [3.05, 3.63) is 23.8 Å². The fourth-order valence-corrected chi connectivity index (χ4v) is 1.36. The highest BCUT2D eigenvalue weighted by molar-refractivity contribution is 6.00. The Hall–Kier alpha value is -1.71. The van der Waals surface area contributed by atoms with Crippen LogP contribution in [0.15, 0.2) is 18.2 Å². The van der Waals surface area contributed by atoms with E-state index in [1.165, 1.54) is 0 Å². The number of nitrogens with one attached hydrogen (secondary N) is 1. The van der Waals surface area contributed by atoms with Crippen LogP contribution in [0.25, 0.3) is 0 Å². The van der Waals surface area contributed by atoms with Crippen molar-refractivity contribution in [3.63, 3.8) is 0 Å². The third kappa shape index (κ3) is 3.12. The quantitative estimate of drug-likeness (QED) is 0.703. The molecule has 94 valence electrons. The van der Waals surface area contributed by atoms with Crippen LogP contribution in [0, 0.1) is 5.41 Å². The minimum absolute atomic E-state index is 0.106. The molecular weight excluding hydrogens is 214 g/mol. The minimum atomic E-state index is -0.505. The molecule has 1 rings (SSSR count). The molecule has 0 radical (unpaired) electrons. The van der Waals surface area contributed by atoms with Crippen molar-refractivity contribution in [2.24, 2.45) is 11.1 Å². The second-order valence-electron chi connectivity index (χ2n) is 5.36. The number of nitrogen functional groups attached to an aromatic ring is 1. The number of rotatable bonds is 3. The zero-order valence-electron chi connectivity index (χ0n) is 10.9. The first kappa shape index (κ1) is 13.4. The molecule has 4 nitrogen and oxygen atoms in total. The van der Waals surface area contributed by atoms with Crippen LogP contribution in [-0.4, -0.2) is 11.9 Å². The highest BCUT2D eigenvalue weighted by atomic mass is 16.1. The molecule has 0 heterocycles. The van der Waals surface area contributed by atoms with Crippen LogP contribution in [0.1, 0.15) is 38.1 Å². The van der Waals surface area contributed by atoms with Crippen molar-refractivity contribution in [1.29, 1.82) is 0 Å². The number of para-hydroxylation sites is 1. The molecule has 1 atom stereocenters. The maximum absolute atomic E-state index is 11.2. The molecule has 0 aliphatic rings. The number of nitrogens with two attached hydrogens (primary N) is 2. The van der Waals surface area contributed by atoms with Gasteiger partial charge in [-0.3, -0.25) is 4.79 Å². The van der Waals surface area contributed by atoms with Crippen LogP contribution in [0.3, 0.4) is 0 Å². The van der Waals surface area contributed by atoms with E-state index in [0.29, 0.717) is 11.3 Å². The largest absolute Gasteiger partial charge is 0.396 e. The topological polar surface area (TPSA) is 81.1 Å². The summed E-state index contributed by atoms with van der Waals surface area (Å²) in [6.45, 7) is 8.49. The first-order chi connectivity index (χ1) is 7.73. The Labute approximate surface area is 102 Å². The van der Waals surface area contributed by atoms with Gasteiger partial charge < -0.3 is 16.8 Å². The van der Waals surface area contributed by atoms with Gasteiger partial charge >= 0.3 is 0 Å². The lowest BCUT2D eigenvalue weighted by molar-refractivity contribution is 0.100. The number of primary amides is 1. The van der Waals surface area contributed by atoms with Gasteiger partial charge in [0.25, 0.3) is 5.91 Å². The first-order valence-electron chi connectivity index (χ1n) is 5.68. The number of benzene rings is 1. The number of carbonyl (C=O) groups excluding carboxylic acids is 1. The van der Waals surface area contributed by atoms with E-state index in [2.05, 4.69) is 33.0 Å². The number of anilines is 2. The fraction of sp³-hybridized carbons (Fsp3) is 0.462. The van der Waals surface area contributed by atoms with Crippen molar-refractivity contribution in [1.82, 2.24) is 0 Å². The van der Waals surface area contributed by atoms with Gasteiger partial charge in [0.05, 0.1) is 16.9 Å². The van der Waals surface area contributed by atoms with Crippen LogP contribution in [0.5, 0.6) is 0 Å². The monoisotopic (exact) mass is 235 g/mol. The van der Waals surface area contributed by atoms with Gasteiger partial charge in [-0.05, 0) is 24.5 Å². The van der Waals surface area contributed by atoms with Crippen LogP contribution < -0.4 is 16.8 Å². The van der Waals surface area contributed by atoms with Gasteiger partial charge in [0.15, 0.2) is 0 Å². The lowest BCUT2D eigenvalue weighted by atomic mass is 9.88. The number of hydrogen-bond acceptors (Lipinski definition) is 3.